The normalized spacial score (nSPS) is 52.2. The van der Waals surface area contributed by atoms with E-state index in [0.717, 1.165) is 73.7 Å². The number of hydrogen-bond acceptors (Lipinski definition) is 8. The van der Waals surface area contributed by atoms with Gasteiger partial charge in [-0.15, -0.1) is 5.92 Å². The summed E-state index contributed by atoms with van der Waals surface area (Å²) in [5.74, 6) is 5.37. The van der Waals surface area contributed by atoms with Crippen LogP contribution in [0.2, 0.25) is 0 Å². The molecule has 334 valence electrons. The Morgan fingerprint density at radius 2 is 1.78 bits per heavy atom. The van der Waals surface area contributed by atoms with Gasteiger partial charge in [-0.1, -0.05) is 68.2 Å². The molecule has 6 bridgehead atoms. The Balaban J connectivity index is 1.15. The molecule has 13 aliphatic rings. The lowest BCUT2D eigenvalue weighted by Gasteiger charge is -2.78. The highest BCUT2D eigenvalue weighted by Crippen LogP contribution is 2.85. The molecule has 0 saturated heterocycles. The van der Waals surface area contributed by atoms with Gasteiger partial charge in [0.25, 0.3) is 0 Å². The van der Waals surface area contributed by atoms with Gasteiger partial charge in [-0.25, -0.2) is 0 Å². The first-order chi connectivity index (χ1) is 30.1. The third-order valence-electron chi connectivity index (χ3n) is 22.0. The zero-order valence-electron chi connectivity index (χ0n) is 37.2. The van der Waals surface area contributed by atoms with Gasteiger partial charge < -0.3 is 30.6 Å². The van der Waals surface area contributed by atoms with Crippen molar-refractivity contribution in [1.82, 2.24) is 0 Å². The molecule has 0 heterocycles. The summed E-state index contributed by atoms with van der Waals surface area (Å²) in [6.45, 7) is 5.99. The van der Waals surface area contributed by atoms with Gasteiger partial charge in [0.05, 0.1) is 35.9 Å². The summed E-state index contributed by atoms with van der Waals surface area (Å²) >= 11 is 0. The van der Waals surface area contributed by atoms with Crippen molar-refractivity contribution in [2.45, 2.75) is 141 Å². The molecule has 1 aromatic rings. The Morgan fingerprint density at radius 3 is 2.56 bits per heavy atom. The van der Waals surface area contributed by atoms with Gasteiger partial charge in [0.15, 0.2) is 12.1 Å². The van der Waals surface area contributed by atoms with Crippen molar-refractivity contribution in [1.29, 1.82) is 0 Å². The number of carbonyl (C=O) groups excluding carboxylic acids is 2. The standard InChI is InChI=1S/C55H66O8/c1-31(58)33-20-34-23-39-32(22-38(34)35(21-33)27-56)11-17-50-18-13-43-53(46(62)28-57)16-7-9-37(24-45(53)61)54(39,43)47(50)42(59)25-40-41-26-48(2)14-5-4-10-44(60)55(41)51(29-48)15-6-8-36(51)12-19-52(55,63)30-49(40,50)3/h7,9,12,19-23,25,27,31-32,36-37,39,41,43-47,57-58,60-63H,5-6,8,11,13-18,24,26,28-30H2,1-3H3/t31-,32+,36-,37-,39+,41-,43-,44+,45+,46-,47+,48-,49-,50-,51+,52+,53+,54-,55+/m1/s1. The van der Waals surface area contributed by atoms with Gasteiger partial charge in [0.2, 0.25) is 0 Å². The molecule has 3 spiro atoms. The minimum Gasteiger partial charge on any atom is -0.394 e. The number of ketones is 1. The zero-order valence-corrected chi connectivity index (χ0v) is 37.2. The molecular weight excluding hydrogens is 789 g/mol. The summed E-state index contributed by atoms with van der Waals surface area (Å²) in [6.07, 6.45) is 22.4. The molecule has 6 N–H and O–H groups in total. The summed E-state index contributed by atoms with van der Waals surface area (Å²) in [5.41, 5.74) is -3.78. The Kier molecular flexibility index (Phi) is 8.55. The Bertz CT molecular complexity index is 2510. The van der Waals surface area contributed by atoms with Gasteiger partial charge >= 0.3 is 0 Å². The molecule has 8 nitrogen and oxygen atoms in total. The number of allylic oxidation sites excluding steroid dienone is 5. The third-order valence-corrected chi connectivity index (χ3v) is 22.0. The van der Waals surface area contributed by atoms with Gasteiger partial charge in [-0.2, -0.15) is 0 Å². The highest BCUT2D eigenvalue weighted by Gasteiger charge is 2.84. The van der Waals surface area contributed by atoms with Crippen molar-refractivity contribution in [3.8, 4) is 11.8 Å². The Hall–Kier alpha value is -3.16. The van der Waals surface area contributed by atoms with Gasteiger partial charge in [-0.05, 0) is 181 Å². The lowest BCUT2D eigenvalue weighted by atomic mass is 9.25. The summed E-state index contributed by atoms with van der Waals surface area (Å²) in [5, 5.41) is 75.1. The molecule has 13 aliphatic carbocycles. The highest BCUT2D eigenvalue weighted by molar-refractivity contribution is 5.96. The van der Waals surface area contributed by atoms with Gasteiger partial charge in [0, 0.05) is 23.3 Å². The van der Waals surface area contributed by atoms with Crippen molar-refractivity contribution in [2.24, 2.45) is 79.3 Å². The van der Waals surface area contributed by atoms with Crippen molar-refractivity contribution >= 4 is 24.2 Å². The fourth-order valence-corrected chi connectivity index (χ4v) is 20.2. The smallest absolute Gasteiger partial charge is 0.159 e. The van der Waals surface area contributed by atoms with Crippen molar-refractivity contribution in [3.63, 3.8) is 0 Å². The van der Waals surface area contributed by atoms with Crippen LogP contribution in [0.3, 0.4) is 0 Å². The average molecular weight is 855 g/mol. The van der Waals surface area contributed by atoms with E-state index in [1.807, 2.05) is 12.1 Å². The van der Waals surface area contributed by atoms with E-state index in [-0.39, 0.29) is 52.1 Å². The molecule has 14 rings (SSSR count). The number of fused-ring (bicyclic) bond motifs is 8. The number of aliphatic hydroxyl groups excluding tert-OH is 5. The van der Waals surface area contributed by atoms with Crippen molar-refractivity contribution in [3.05, 3.63) is 69.7 Å². The van der Waals surface area contributed by atoms with Crippen LogP contribution in [0.15, 0.2) is 48.1 Å². The molecule has 0 aromatic heterocycles. The first kappa shape index (κ1) is 41.3. The second kappa shape index (κ2) is 13.0. The zero-order chi connectivity index (χ0) is 43.9. The van der Waals surface area contributed by atoms with E-state index in [9.17, 15) is 35.4 Å². The van der Waals surface area contributed by atoms with Crippen LogP contribution in [-0.4, -0.2) is 73.2 Å². The molecular formula is C55H66O8. The van der Waals surface area contributed by atoms with Crippen LogP contribution in [0.5, 0.6) is 0 Å². The summed E-state index contributed by atoms with van der Waals surface area (Å²) in [4.78, 5) is 29.3. The van der Waals surface area contributed by atoms with E-state index < -0.39 is 69.6 Å². The maximum atomic E-state index is 16.5. The molecule has 0 radical (unpaired) electrons. The second-order valence-electron chi connectivity index (χ2n) is 23.7. The number of aliphatic hydroxyl groups is 6. The molecule has 0 amide bonds. The van der Waals surface area contributed by atoms with E-state index in [4.69, 9.17) is 0 Å². The first-order valence-corrected chi connectivity index (χ1v) is 24.5. The lowest BCUT2D eigenvalue weighted by molar-refractivity contribution is -0.297. The number of carbonyl (C=O) groups is 2. The SMILES string of the molecule is C[C@@H](O)c1cc(C=O)c2c(c1)=C[C@H]1[C@H](C=2)CC[C@@]23CC[C@@H]4[C@@]5([C@H](O)CO)CC=C[C@H](C[C@@H]5O)[C@]41[C@H]2C(=O)C=C1[C@H]2C[C@@]4(C)CCC#C[C@H](O)[C@]25[C@@]2(CCC[C@@H]2C=C[C@]5(O)C[C@]13C)C4. The van der Waals surface area contributed by atoms with Crippen LogP contribution in [0.25, 0.3) is 12.2 Å². The molecule has 6 fully saturated rings. The number of benzene rings is 1. The van der Waals surface area contributed by atoms with Crippen LogP contribution in [0.4, 0.5) is 0 Å². The molecule has 19 atom stereocenters. The Labute approximate surface area is 371 Å². The van der Waals surface area contributed by atoms with Crippen LogP contribution in [-0.2, 0) is 4.79 Å². The fourth-order valence-electron chi connectivity index (χ4n) is 20.2. The van der Waals surface area contributed by atoms with Crippen molar-refractivity contribution < 1.29 is 40.2 Å². The second-order valence-corrected chi connectivity index (χ2v) is 23.7. The van der Waals surface area contributed by atoms with Gasteiger partial charge in [0.1, 0.15) is 6.10 Å². The third kappa shape index (κ3) is 4.53. The summed E-state index contributed by atoms with van der Waals surface area (Å²) < 4.78 is 0. The fraction of sp³-hybridized carbons (Fsp3) is 0.673. The predicted molar refractivity (Wildman–Crippen MR) is 237 cm³/mol. The highest BCUT2D eigenvalue weighted by atomic mass is 16.3. The van der Waals surface area contributed by atoms with Crippen LogP contribution >= 0.6 is 0 Å². The molecule has 6 saturated carbocycles. The predicted octanol–water partition coefficient (Wildman–Crippen LogP) is 5.40. The minimum atomic E-state index is -1.40. The molecule has 0 aliphatic heterocycles. The van der Waals surface area contributed by atoms with Gasteiger partial charge in [-0.3, -0.25) is 9.59 Å². The Morgan fingerprint density at radius 1 is 0.968 bits per heavy atom. The topological polar surface area (TPSA) is 156 Å². The monoisotopic (exact) mass is 854 g/mol. The maximum Gasteiger partial charge on any atom is 0.159 e. The minimum absolute atomic E-state index is 0.0863. The summed E-state index contributed by atoms with van der Waals surface area (Å²) in [7, 11) is 0. The van der Waals surface area contributed by atoms with E-state index in [1.165, 1.54) is 0 Å². The van der Waals surface area contributed by atoms with Crippen LogP contribution in [0.1, 0.15) is 133 Å². The average Bonchev–Trinajstić information content (AvgIpc) is 3.49. The van der Waals surface area contributed by atoms with Crippen LogP contribution < -0.4 is 10.4 Å². The van der Waals surface area contributed by atoms with E-state index in [2.05, 4.69) is 62.1 Å². The van der Waals surface area contributed by atoms with Crippen LogP contribution in [0, 0.1) is 91.2 Å². The quantitative estimate of drug-likeness (QED) is 0.134. The number of aldehydes is 1. The van der Waals surface area contributed by atoms with E-state index in [1.54, 1.807) is 13.0 Å². The first-order valence-electron chi connectivity index (χ1n) is 24.5. The van der Waals surface area contributed by atoms with E-state index in [0.29, 0.717) is 49.7 Å². The molecule has 1 aromatic carbocycles. The molecule has 63 heavy (non-hydrogen) atoms. The van der Waals surface area contributed by atoms with E-state index >= 15 is 4.79 Å². The number of hydrogen-bond donors (Lipinski definition) is 6. The number of rotatable bonds is 4. The molecule has 8 heteroatoms. The van der Waals surface area contributed by atoms with Crippen molar-refractivity contribution in [2.75, 3.05) is 6.61 Å². The summed E-state index contributed by atoms with van der Waals surface area (Å²) in [6, 6.07) is 3.78. The lowest BCUT2D eigenvalue weighted by Crippen LogP contribution is -2.78. The molecule has 0 unspecified atom stereocenters. The largest absolute Gasteiger partial charge is 0.394 e. The maximum absolute atomic E-state index is 16.5.